The molecule has 0 aliphatic carbocycles. The van der Waals surface area contributed by atoms with Gasteiger partial charge in [0.05, 0.1) is 6.54 Å². The van der Waals surface area contributed by atoms with Crippen molar-refractivity contribution in [2.24, 2.45) is 10.2 Å². The Labute approximate surface area is 137 Å². The van der Waals surface area contributed by atoms with E-state index < -0.39 is 5.54 Å². The first-order valence-electron chi connectivity index (χ1n) is 7.93. The second-order valence-corrected chi connectivity index (χ2v) is 5.37. The van der Waals surface area contributed by atoms with Crippen LogP contribution in [0.2, 0.25) is 0 Å². The van der Waals surface area contributed by atoms with Gasteiger partial charge in [0.15, 0.2) is 5.54 Å². The van der Waals surface area contributed by atoms with Crippen molar-refractivity contribution in [2.45, 2.75) is 12.5 Å². The van der Waals surface area contributed by atoms with E-state index in [4.69, 9.17) is 5.11 Å². The first kappa shape index (κ1) is 15.2. The lowest BCUT2D eigenvalue weighted by Crippen LogP contribution is -2.26. The van der Waals surface area contributed by atoms with Crippen molar-refractivity contribution >= 4 is 0 Å². The molecule has 0 N–H and O–H groups in total. The Kier molecular flexibility index (Phi) is 4.62. The fourth-order valence-electron chi connectivity index (χ4n) is 2.89. The summed E-state index contributed by atoms with van der Waals surface area (Å²) in [5.41, 5.74) is 2.75. The van der Waals surface area contributed by atoms with Crippen molar-refractivity contribution in [2.75, 3.05) is 6.54 Å². The lowest BCUT2D eigenvalue weighted by molar-refractivity contribution is 0.602. The second-order valence-electron chi connectivity index (χ2n) is 5.37. The van der Waals surface area contributed by atoms with E-state index in [1.54, 1.807) is 0 Å². The molecule has 0 saturated carbocycles. The zero-order valence-corrected chi connectivity index (χ0v) is 13.3. The number of benzene rings is 3. The number of rotatable bonds is 5. The zero-order chi connectivity index (χ0) is 16.0. The van der Waals surface area contributed by atoms with Crippen molar-refractivity contribution < 1.29 is 0 Å². The van der Waals surface area contributed by atoms with Crippen LogP contribution in [-0.4, -0.2) is 6.54 Å². The fourth-order valence-corrected chi connectivity index (χ4v) is 2.89. The molecule has 0 amide bonds. The molecular formula is C21H20N2. The number of nitrogens with zero attached hydrogens (tertiary/aromatic N) is 2. The summed E-state index contributed by atoms with van der Waals surface area (Å²) < 4.78 is 0. The molecule has 0 aromatic heterocycles. The van der Waals surface area contributed by atoms with Gasteiger partial charge in [0.2, 0.25) is 0 Å². The average Bonchev–Trinajstić information content (AvgIpc) is 2.65. The van der Waals surface area contributed by atoms with E-state index in [9.17, 15) is 0 Å². The van der Waals surface area contributed by atoms with Crippen LogP contribution >= 0.6 is 0 Å². The van der Waals surface area contributed by atoms with Gasteiger partial charge in [-0.25, -0.2) is 0 Å². The summed E-state index contributed by atoms with van der Waals surface area (Å²) in [5, 5.41) is 9.21. The van der Waals surface area contributed by atoms with Gasteiger partial charge >= 0.3 is 0 Å². The molecule has 0 aliphatic heterocycles. The van der Waals surface area contributed by atoms with Gasteiger partial charge in [0.1, 0.15) is 0 Å². The molecule has 0 saturated heterocycles. The zero-order valence-electron chi connectivity index (χ0n) is 13.3. The normalized spacial score (nSPS) is 11.7. The largest absolute Gasteiger partial charge is 0.193 e. The van der Waals surface area contributed by atoms with E-state index in [0.29, 0.717) is 6.54 Å². The standard InChI is InChI=1S/C21H20N2/c1-2-22-23-21(18-12-6-3-7-13-18,19-14-8-4-9-15-19)20-16-10-5-11-17-20/h3-17H,2H2,1H3. The van der Waals surface area contributed by atoms with Crippen LogP contribution in [0.3, 0.4) is 0 Å². The van der Waals surface area contributed by atoms with Gasteiger partial charge in [0.25, 0.3) is 0 Å². The summed E-state index contributed by atoms with van der Waals surface area (Å²) >= 11 is 0. The molecule has 0 bridgehead atoms. The Balaban J connectivity index is 2.33. The molecule has 0 heterocycles. The fraction of sp³-hybridized carbons (Fsp3) is 0.143. The molecule has 3 aromatic rings. The highest BCUT2D eigenvalue weighted by Gasteiger charge is 2.36. The summed E-state index contributed by atoms with van der Waals surface area (Å²) in [4.78, 5) is 0. The number of hydrogen-bond donors (Lipinski definition) is 0. The van der Waals surface area contributed by atoms with E-state index in [0.717, 1.165) is 16.7 Å². The maximum absolute atomic E-state index is 4.81. The van der Waals surface area contributed by atoms with Crippen LogP contribution in [-0.2, 0) is 5.54 Å². The smallest absolute Gasteiger partial charge is 0.156 e. The van der Waals surface area contributed by atoms with Crippen LogP contribution in [0.1, 0.15) is 23.6 Å². The predicted octanol–water partition coefficient (Wildman–Crippen LogP) is 5.45. The Hall–Kier alpha value is -2.74. The molecule has 0 atom stereocenters. The second kappa shape index (κ2) is 7.01. The van der Waals surface area contributed by atoms with Gasteiger partial charge in [-0.1, -0.05) is 91.0 Å². The van der Waals surface area contributed by atoms with Crippen molar-refractivity contribution in [3.63, 3.8) is 0 Å². The highest BCUT2D eigenvalue weighted by Crippen LogP contribution is 2.40. The average molecular weight is 300 g/mol. The first-order valence-corrected chi connectivity index (χ1v) is 7.93. The third kappa shape index (κ3) is 2.93. The summed E-state index contributed by atoms with van der Waals surface area (Å²) in [6, 6.07) is 31.1. The van der Waals surface area contributed by atoms with Crippen LogP contribution in [0.25, 0.3) is 0 Å². The van der Waals surface area contributed by atoms with E-state index in [-0.39, 0.29) is 0 Å². The topological polar surface area (TPSA) is 24.7 Å². The minimum absolute atomic E-state index is 0.611. The van der Waals surface area contributed by atoms with Crippen LogP contribution in [0.4, 0.5) is 0 Å². The maximum Gasteiger partial charge on any atom is 0.156 e. The summed E-state index contributed by atoms with van der Waals surface area (Å²) in [6.45, 7) is 2.67. The van der Waals surface area contributed by atoms with Crippen molar-refractivity contribution in [1.82, 2.24) is 0 Å². The molecule has 0 aliphatic rings. The van der Waals surface area contributed by atoms with E-state index in [1.807, 2.05) is 25.1 Å². The van der Waals surface area contributed by atoms with Gasteiger partial charge in [0, 0.05) is 0 Å². The van der Waals surface area contributed by atoms with Gasteiger partial charge in [-0.15, -0.1) is 0 Å². The molecule has 0 fully saturated rings. The number of hydrogen-bond acceptors (Lipinski definition) is 2. The highest BCUT2D eigenvalue weighted by molar-refractivity contribution is 5.49. The van der Waals surface area contributed by atoms with Gasteiger partial charge in [-0.2, -0.15) is 10.2 Å². The van der Waals surface area contributed by atoms with Crippen LogP contribution in [0.15, 0.2) is 101 Å². The van der Waals surface area contributed by atoms with Crippen molar-refractivity contribution in [1.29, 1.82) is 0 Å². The first-order chi connectivity index (χ1) is 11.4. The summed E-state index contributed by atoms with van der Waals surface area (Å²) in [6.07, 6.45) is 0. The van der Waals surface area contributed by atoms with Gasteiger partial charge < -0.3 is 0 Å². The lowest BCUT2D eigenvalue weighted by atomic mass is 9.78. The molecular weight excluding hydrogens is 280 g/mol. The van der Waals surface area contributed by atoms with E-state index in [2.05, 4.69) is 77.9 Å². The Morgan fingerprint density at radius 1 is 0.609 bits per heavy atom. The van der Waals surface area contributed by atoms with Crippen LogP contribution < -0.4 is 0 Å². The van der Waals surface area contributed by atoms with Crippen LogP contribution in [0.5, 0.6) is 0 Å². The molecule has 3 aromatic carbocycles. The molecule has 2 heteroatoms. The lowest BCUT2D eigenvalue weighted by Gasteiger charge is -2.30. The molecule has 3 rings (SSSR count). The van der Waals surface area contributed by atoms with Crippen molar-refractivity contribution in [3.05, 3.63) is 108 Å². The number of azo groups is 1. The molecule has 23 heavy (non-hydrogen) atoms. The quantitative estimate of drug-likeness (QED) is 0.442. The van der Waals surface area contributed by atoms with E-state index in [1.165, 1.54) is 0 Å². The van der Waals surface area contributed by atoms with E-state index >= 15 is 0 Å². The summed E-state index contributed by atoms with van der Waals surface area (Å²) in [7, 11) is 0. The van der Waals surface area contributed by atoms with Crippen LogP contribution in [0, 0.1) is 0 Å². The maximum atomic E-state index is 4.81. The Bertz CT molecular complexity index is 653. The SMILES string of the molecule is CCN=NC(c1ccccc1)(c1ccccc1)c1ccccc1. The Morgan fingerprint density at radius 3 is 1.26 bits per heavy atom. The molecule has 2 nitrogen and oxygen atoms in total. The molecule has 114 valence electrons. The minimum Gasteiger partial charge on any atom is -0.193 e. The van der Waals surface area contributed by atoms with Gasteiger partial charge in [-0.3, -0.25) is 0 Å². The monoisotopic (exact) mass is 300 g/mol. The Morgan fingerprint density at radius 2 is 0.957 bits per heavy atom. The van der Waals surface area contributed by atoms with Gasteiger partial charge in [-0.05, 0) is 23.6 Å². The minimum atomic E-state index is -0.611. The third-order valence-corrected chi connectivity index (χ3v) is 3.94. The van der Waals surface area contributed by atoms with Crippen molar-refractivity contribution in [3.8, 4) is 0 Å². The third-order valence-electron chi connectivity index (χ3n) is 3.94. The predicted molar refractivity (Wildman–Crippen MR) is 94.6 cm³/mol. The molecule has 0 unspecified atom stereocenters. The molecule has 0 spiro atoms. The highest BCUT2D eigenvalue weighted by atomic mass is 15.1. The molecule has 0 radical (unpaired) electrons. The summed E-state index contributed by atoms with van der Waals surface area (Å²) in [5.74, 6) is 0.